The van der Waals surface area contributed by atoms with E-state index >= 15 is 0 Å². The van der Waals surface area contributed by atoms with E-state index in [-0.39, 0.29) is 5.82 Å². The number of nitrogens with zero attached hydrogens (tertiary/aromatic N) is 3. The molecule has 6 heteroatoms. The predicted octanol–water partition coefficient (Wildman–Crippen LogP) is 4.39. The Hall–Kier alpha value is -1.47. The van der Waals surface area contributed by atoms with Crippen LogP contribution < -0.4 is 0 Å². The average Bonchev–Trinajstić information content (AvgIpc) is 2.91. The second kappa shape index (κ2) is 6.11. The fourth-order valence-electron chi connectivity index (χ4n) is 1.93. The summed E-state index contributed by atoms with van der Waals surface area (Å²) in [5.74, 6) is 0.287. The Morgan fingerprint density at radius 1 is 1.14 bits per heavy atom. The molecule has 0 aliphatic heterocycles. The van der Waals surface area contributed by atoms with Gasteiger partial charge in [0, 0.05) is 19.7 Å². The third-order valence-corrected chi connectivity index (χ3v) is 3.94. The van der Waals surface area contributed by atoms with Crippen LogP contribution in [-0.2, 0) is 6.54 Å². The van der Waals surface area contributed by atoms with Gasteiger partial charge in [-0.25, -0.2) is 14.1 Å². The fraction of sp³-hybridized carbons (Fsp3) is 0.0667. The van der Waals surface area contributed by atoms with Crippen molar-refractivity contribution in [1.29, 1.82) is 0 Å². The molecule has 21 heavy (non-hydrogen) atoms. The van der Waals surface area contributed by atoms with Gasteiger partial charge in [0.15, 0.2) is 5.82 Å². The molecule has 2 aromatic carbocycles. The highest BCUT2D eigenvalue weighted by Gasteiger charge is 2.07. The van der Waals surface area contributed by atoms with Gasteiger partial charge >= 0.3 is 0 Å². The molecule has 0 aliphatic carbocycles. The number of hydrogen-bond acceptors (Lipinski definition) is 2. The summed E-state index contributed by atoms with van der Waals surface area (Å²) < 4.78 is 16.5. The van der Waals surface area contributed by atoms with Crippen molar-refractivity contribution in [3.63, 3.8) is 0 Å². The first-order valence-corrected chi connectivity index (χ1v) is 7.67. The molecule has 0 fully saturated rings. The zero-order valence-electron chi connectivity index (χ0n) is 10.8. The van der Waals surface area contributed by atoms with Crippen molar-refractivity contribution < 1.29 is 4.39 Å². The molecule has 3 rings (SSSR count). The molecule has 0 radical (unpaired) electrons. The molecule has 3 nitrogen and oxygen atoms in total. The molecular formula is C15H10ClFIN3. The van der Waals surface area contributed by atoms with Crippen LogP contribution in [0.1, 0.15) is 5.56 Å². The van der Waals surface area contributed by atoms with Gasteiger partial charge in [-0.15, -0.1) is 0 Å². The van der Waals surface area contributed by atoms with Crippen LogP contribution in [0.15, 0.2) is 48.8 Å². The first-order chi connectivity index (χ1) is 10.1. The SMILES string of the molecule is Fc1cc(Cl)ccc1Cn1cnc(-c2ccc(I)cc2)n1. The molecule has 3 aromatic rings. The Morgan fingerprint density at radius 3 is 2.62 bits per heavy atom. The zero-order valence-corrected chi connectivity index (χ0v) is 13.7. The molecule has 1 aromatic heterocycles. The van der Waals surface area contributed by atoms with Gasteiger partial charge in [0.25, 0.3) is 0 Å². The summed E-state index contributed by atoms with van der Waals surface area (Å²) in [6.45, 7) is 0.320. The molecule has 1 heterocycles. The van der Waals surface area contributed by atoms with Crippen molar-refractivity contribution in [3.8, 4) is 11.4 Å². The quantitative estimate of drug-likeness (QED) is 0.596. The number of benzene rings is 2. The Labute approximate surface area is 139 Å². The third kappa shape index (κ3) is 3.41. The van der Waals surface area contributed by atoms with Crippen LogP contribution in [0.4, 0.5) is 4.39 Å². The van der Waals surface area contributed by atoms with Crippen molar-refractivity contribution >= 4 is 34.2 Å². The van der Waals surface area contributed by atoms with E-state index in [9.17, 15) is 4.39 Å². The second-order valence-corrected chi connectivity index (χ2v) is 6.19. The predicted molar refractivity (Wildman–Crippen MR) is 88.7 cm³/mol. The van der Waals surface area contributed by atoms with E-state index in [1.54, 1.807) is 23.1 Å². The van der Waals surface area contributed by atoms with E-state index in [0.29, 0.717) is 23.0 Å². The summed E-state index contributed by atoms with van der Waals surface area (Å²) in [6.07, 6.45) is 1.60. The number of halogens is 3. The van der Waals surface area contributed by atoms with Gasteiger partial charge in [0.2, 0.25) is 0 Å². The summed E-state index contributed by atoms with van der Waals surface area (Å²) >= 11 is 7.99. The lowest BCUT2D eigenvalue weighted by atomic mass is 10.2. The van der Waals surface area contributed by atoms with Gasteiger partial charge < -0.3 is 0 Å². The number of aromatic nitrogens is 3. The summed E-state index contributed by atoms with van der Waals surface area (Å²) in [5.41, 5.74) is 1.46. The molecular weight excluding hydrogens is 404 g/mol. The zero-order chi connectivity index (χ0) is 14.8. The molecule has 0 bridgehead atoms. The smallest absolute Gasteiger partial charge is 0.181 e. The van der Waals surface area contributed by atoms with E-state index in [4.69, 9.17) is 11.6 Å². The first-order valence-electron chi connectivity index (χ1n) is 6.21. The largest absolute Gasteiger partial charge is 0.248 e. The van der Waals surface area contributed by atoms with E-state index in [1.165, 1.54) is 6.07 Å². The first kappa shape index (κ1) is 14.5. The van der Waals surface area contributed by atoms with Crippen LogP contribution in [0, 0.1) is 9.39 Å². The average molecular weight is 414 g/mol. The summed E-state index contributed by atoms with van der Waals surface area (Å²) in [7, 11) is 0. The van der Waals surface area contributed by atoms with Crippen LogP contribution in [0.25, 0.3) is 11.4 Å². The van der Waals surface area contributed by atoms with Crippen molar-refractivity contribution in [2.45, 2.75) is 6.54 Å². The lowest BCUT2D eigenvalue weighted by molar-refractivity contribution is 0.585. The van der Waals surface area contributed by atoms with E-state index in [1.807, 2.05) is 24.3 Å². The monoisotopic (exact) mass is 413 g/mol. The maximum absolute atomic E-state index is 13.8. The maximum atomic E-state index is 13.8. The normalized spacial score (nSPS) is 10.8. The minimum Gasteiger partial charge on any atom is -0.248 e. The molecule has 0 aliphatic rings. The topological polar surface area (TPSA) is 30.7 Å². The van der Waals surface area contributed by atoms with Crippen LogP contribution >= 0.6 is 34.2 Å². The van der Waals surface area contributed by atoms with Gasteiger partial charge in [-0.2, -0.15) is 5.10 Å². The van der Waals surface area contributed by atoms with Crippen LogP contribution in [0.5, 0.6) is 0 Å². The number of rotatable bonds is 3. The highest BCUT2D eigenvalue weighted by Crippen LogP contribution is 2.18. The number of hydrogen-bond donors (Lipinski definition) is 0. The standard InChI is InChI=1S/C15H10ClFIN3/c16-12-4-1-11(14(17)7-12)8-21-9-19-15(20-21)10-2-5-13(18)6-3-10/h1-7,9H,8H2. The molecule has 0 unspecified atom stereocenters. The second-order valence-electron chi connectivity index (χ2n) is 4.51. The minimum atomic E-state index is -0.339. The van der Waals surface area contributed by atoms with E-state index < -0.39 is 0 Å². The molecule has 0 spiro atoms. The highest BCUT2D eigenvalue weighted by atomic mass is 127. The van der Waals surface area contributed by atoms with Crippen LogP contribution in [0.3, 0.4) is 0 Å². The fourth-order valence-corrected chi connectivity index (χ4v) is 2.44. The van der Waals surface area contributed by atoms with Crippen LogP contribution in [-0.4, -0.2) is 14.8 Å². The van der Waals surface area contributed by atoms with Crippen molar-refractivity contribution in [3.05, 3.63) is 68.8 Å². The van der Waals surface area contributed by atoms with Gasteiger partial charge in [0.05, 0.1) is 6.54 Å². The molecule has 0 amide bonds. The minimum absolute atomic E-state index is 0.320. The third-order valence-electron chi connectivity index (χ3n) is 2.99. The molecule has 106 valence electrons. The van der Waals surface area contributed by atoms with Crippen molar-refractivity contribution in [1.82, 2.24) is 14.8 Å². The Balaban J connectivity index is 1.83. The molecule has 0 atom stereocenters. The van der Waals surface area contributed by atoms with E-state index in [2.05, 4.69) is 32.7 Å². The highest BCUT2D eigenvalue weighted by molar-refractivity contribution is 14.1. The van der Waals surface area contributed by atoms with Crippen LogP contribution in [0.2, 0.25) is 5.02 Å². The van der Waals surface area contributed by atoms with Gasteiger partial charge in [-0.05, 0) is 46.9 Å². The van der Waals surface area contributed by atoms with Gasteiger partial charge in [0.1, 0.15) is 12.1 Å². The Kier molecular flexibility index (Phi) is 4.21. The summed E-state index contributed by atoms with van der Waals surface area (Å²) in [4.78, 5) is 4.26. The molecule has 0 saturated carbocycles. The Morgan fingerprint density at radius 2 is 1.90 bits per heavy atom. The van der Waals surface area contributed by atoms with Crippen molar-refractivity contribution in [2.75, 3.05) is 0 Å². The summed E-state index contributed by atoms with van der Waals surface area (Å²) in [5, 5.41) is 4.76. The molecule has 0 saturated heterocycles. The van der Waals surface area contributed by atoms with Gasteiger partial charge in [-0.1, -0.05) is 29.8 Å². The Bertz CT molecular complexity index is 771. The maximum Gasteiger partial charge on any atom is 0.181 e. The van der Waals surface area contributed by atoms with Crippen molar-refractivity contribution in [2.24, 2.45) is 0 Å². The lowest BCUT2D eigenvalue weighted by Gasteiger charge is -2.03. The van der Waals surface area contributed by atoms with E-state index in [0.717, 1.165) is 9.13 Å². The lowest BCUT2D eigenvalue weighted by Crippen LogP contribution is -2.02. The molecule has 0 N–H and O–H groups in total. The van der Waals surface area contributed by atoms with Gasteiger partial charge in [-0.3, -0.25) is 0 Å². The summed E-state index contributed by atoms with van der Waals surface area (Å²) in [6, 6.07) is 12.5.